The molecule has 0 aliphatic carbocycles. The largest absolute Gasteiger partial charge is 0.494 e. The Hall–Kier alpha value is -1.49. The highest BCUT2D eigenvalue weighted by Crippen LogP contribution is 2.19. The van der Waals surface area contributed by atoms with E-state index in [9.17, 15) is 0 Å². The molecule has 1 aromatic carbocycles. The molecule has 0 aliphatic rings. The summed E-state index contributed by atoms with van der Waals surface area (Å²) in [6, 6.07) is 10.7. The summed E-state index contributed by atoms with van der Waals surface area (Å²) < 4.78 is 5.87. The van der Waals surface area contributed by atoms with Gasteiger partial charge in [0, 0.05) is 6.42 Å². The Balaban J connectivity index is 2.31. The van der Waals surface area contributed by atoms with Crippen molar-refractivity contribution < 1.29 is 4.74 Å². The third-order valence-electron chi connectivity index (χ3n) is 3.91. The second-order valence-electron chi connectivity index (χ2n) is 6.75. The Kier molecular flexibility index (Phi) is 9.39. The second kappa shape index (κ2) is 11.1. The normalized spacial score (nSPS) is 12.1. The van der Waals surface area contributed by atoms with Crippen molar-refractivity contribution in [3.05, 3.63) is 29.8 Å². The molecule has 0 radical (unpaired) electrons. The summed E-state index contributed by atoms with van der Waals surface area (Å²) >= 11 is 0. The number of nitrogens with zero attached hydrogens (tertiary/aromatic N) is 1. The molecule has 2 heteroatoms. The van der Waals surface area contributed by atoms with Crippen LogP contribution in [0.3, 0.4) is 0 Å². The maximum Gasteiger partial charge on any atom is 0.119 e. The van der Waals surface area contributed by atoms with Gasteiger partial charge in [-0.15, -0.1) is 0 Å². The van der Waals surface area contributed by atoms with Crippen molar-refractivity contribution in [1.29, 1.82) is 5.26 Å². The van der Waals surface area contributed by atoms with Crippen LogP contribution in [0.5, 0.6) is 5.75 Å². The highest BCUT2D eigenvalue weighted by molar-refractivity contribution is 5.28. The Morgan fingerprint density at radius 2 is 1.91 bits per heavy atom. The SMILES string of the molecule is CC(C)CCCCOc1cccc(CC(C)CCCC#N)c1. The Bertz CT molecular complexity index is 447. The summed E-state index contributed by atoms with van der Waals surface area (Å²) in [4.78, 5) is 0. The van der Waals surface area contributed by atoms with Gasteiger partial charge < -0.3 is 4.74 Å². The van der Waals surface area contributed by atoms with Gasteiger partial charge in [0.25, 0.3) is 0 Å². The lowest BCUT2D eigenvalue weighted by molar-refractivity contribution is 0.301. The first-order valence-electron chi connectivity index (χ1n) is 8.70. The summed E-state index contributed by atoms with van der Waals surface area (Å²) in [6.07, 6.45) is 7.52. The number of benzene rings is 1. The lowest BCUT2D eigenvalue weighted by atomic mass is 9.96. The van der Waals surface area contributed by atoms with Crippen LogP contribution in [-0.2, 0) is 6.42 Å². The van der Waals surface area contributed by atoms with Crippen LogP contribution >= 0.6 is 0 Å². The fourth-order valence-electron chi connectivity index (χ4n) is 2.64. The predicted molar refractivity (Wildman–Crippen MR) is 93.0 cm³/mol. The Labute approximate surface area is 136 Å². The minimum Gasteiger partial charge on any atom is -0.494 e. The van der Waals surface area contributed by atoms with Crippen molar-refractivity contribution in [3.63, 3.8) is 0 Å². The van der Waals surface area contributed by atoms with Gasteiger partial charge in [0.1, 0.15) is 5.75 Å². The van der Waals surface area contributed by atoms with E-state index in [0.29, 0.717) is 12.3 Å². The second-order valence-corrected chi connectivity index (χ2v) is 6.75. The number of unbranched alkanes of at least 4 members (excludes halogenated alkanes) is 2. The van der Waals surface area contributed by atoms with E-state index in [0.717, 1.165) is 44.0 Å². The number of rotatable bonds is 11. The maximum absolute atomic E-state index is 8.59. The van der Waals surface area contributed by atoms with Gasteiger partial charge in [-0.3, -0.25) is 0 Å². The minimum absolute atomic E-state index is 0.620. The molecule has 0 bridgehead atoms. The topological polar surface area (TPSA) is 33.0 Å². The van der Waals surface area contributed by atoms with Crippen LogP contribution in [0.15, 0.2) is 24.3 Å². The van der Waals surface area contributed by atoms with Crippen molar-refractivity contribution in [2.24, 2.45) is 11.8 Å². The molecular weight excluding hydrogens is 270 g/mol. The number of hydrogen-bond acceptors (Lipinski definition) is 2. The molecule has 1 aromatic rings. The van der Waals surface area contributed by atoms with Gasteiger partial charge in [-0.25, -0.2) is 0 Å². The molecule has 0 N–H and O–H groups in total. The van der Waals surface area contributed by atoms with Crippen molar-refractivity contribution in [2.45, 2.75) is 65.7 Å². The summed E-state index contributed by atoms with van der Waals surface area (Å²) in [6.45, 7) is 7.61. The highest BCUT2D eigenvalue weighted by Gasteiger charge is 2.05. The predicted octanol–water partition coefficient (Wildman–Crippen LogP) is 5.76. The third kappa shape index (κ3) is 8.72. The Morgan fingerprint density at radius 1 is 1.09 bits per heavy atom. The first-order chi connectivity index (χ1) is 10.6. The molecule has 1 atom stereocenters. The van der Waals surface area contributed by atoms with Crippen molar-refractivity contribution in [2.75, 3.05) is 6.61 Å². The highest BCUT2D eigenvalue weighted by atomic mass is 16.5. The fraction of sp³-hybridized carbons (Fsp3) is 0.650. The van der Waals surface area contributed by atoms with Crippen LogP contribution < -0.4 is 4.74 Å². The standard InChI is InChI=1S/C20H31NO/c1-17(2)9-5-7-14-22-20-12-8-11-19(16-20)15-18(3)10-4-6-13-21/h8,11-12,16-18H,4-7,9-10,14-15H2,1-3H3. The zero-order chi connectivity index (χ0) is 16.2. The van der Waals surface area contributed by atoms with Crippen molar-refractivity contribution >= 4 is 0 Å². The van der Waals surface area contributed by atoms with Gasteiger partial charge in [-0.05, 0) is 61.6 Å². The van der Waals surface area contributed by atoms with Crippen molar-refractivity contribution in [3.8, 4) is 11.8 Å². The van der Waals surface area contributed by atoms with E-state index in [-0.39, 0.29) is 0 Å². The molecule has 2 nitrogen and oxygen atoms in total. The zero-order valence-electron chi connectivity index (χ0n) is 14.5. The molecule has 0 spiro atoms. The quantitative estimate of drug-likeness (QED) is 0.486. The number of ether oxygens (including phenoxy) is 1. The van der Waals surface area contributed by atoms with Gasteiger partial charge in [0.2, 0.25) is 0 Å². The average molecular weight is 301 g/mol. The van der Waals surface area contributed by atoms with Crippen LogP contribution in [0.25, 0.3) is 0 Å². The molecular formula is C20H31NO. The number of hydrogen-bond donors (Lipinski definition) is 0. The molecule has 0 aliphatic heterocycles. The molecule has 0 fully saturated rings. The Morgan fingerprint density at radius 3 is 2.64 bits per heavy atom. The summed E-state index contributed by atoms with van der Waals surface area (Å²) in [5.41, 5.74) is 1.34. The van der Waals surface area contributed by atoms with E-state index in [1.807, 2.05) is 6.07 Å². The molecule has 122 valence electrons. The lowest BCUT2D eigenvalue weighted by Gasteiger charge is -2.12. The van der Waals surface area contributed by atoms with Crippen molar-refractivity contribution in [1.82, 2.24) is 0 Å². The molecule has 0 saturated carbocycles. The van der Waals surface area contributed by atoms with E-state index in [1.54, 1.807) is 0 Å². The van der Waals surface area contributed by atoms with E-state index in [1.165, 1.54) is 18.4 Å². The first kappa shape index (κ1) is 18.6. The minimum atomic E-state index is 0.620. The van der Waals surface area contributed by atoms with Gasteiger partial charge in [0.05, 0.1) is 12.7 Å². The van der Waals surface area contributed by atoms with Crippen LogP contribution in [0.2, 0.25) is 0 Å². The average Bonchev–Trinajstić information content (AvgIpc) is 2.47. The smallest absolute Gasteiger partial charge is 0.119 e. The van der Waals surface area contributed by atoms with E-state index in [4.69, 9.17) is 10.00 Å². The van der Waals surface area contributed by atoms with Gasteiger partial charge in [-0.1, -0.05) is 39.3 Å². The zero-order valence-corrected chi connectivity index (χ0v) is 14.5. The van der Waals surface area contributed by atoms with Crippen LogP contribution in [0, 0.1) is 23.2 Å². The maximum atomic E-state index is 8.59. The van der Waals surface area contributed by atoms with Gasteiger partial charge >= 0.3 is 0 Å². The van der Waals surface area contributed by atoms with E-state index in [2.05, 4.69) is 45.0 Å². The van der Waals surface area contributed by atoms with Gasteiger partial charge in [-0.2, -0.15) is 5.26 Å². The molecule has 22 heavy (non-hydrogen) atoms. The van der Waals surface area contributed by atoms with Crippen LogP contribution in [-0.4, -0.2) is 6.61 Å². The first-order valence-corrected chi connectivity index (χ1v) is 8.70. The molecule has 0 amide bonds. The molecule has 0 heterocycles. The number of nitriles is 1. The monoisotopic (exact) mass is 301 g/mol. The van der Waals surface area contributed by atoms with Crippen LogP contribution in [0.1, 0.15) is 64.9 Å². The third-order valence-corrected chi connectivity index (χ3v) is 3.91. The summed E-state index contributed by atoms with van der Waals surface area (Å²) in [5.74, 6) is 2.40. The molecule has 0 saturated heterocycles. The van der Waals surface area contributed by atoms with E-state index < -0.39 is 0 Å². The lowest BCUT2D eigenvalue weighted by Crippen LogP contribution is -2.02. The summed E-state index contributed by atoms with van der Waals surface area (Å²) in [5, 5.41) is 8.59. The molecule has 1 rings (SSSR count). The van der Waals surface area contributed by atoms with Crippen LogP contribution in [0.4, 0.5) is 0 Å². The van der Waals surface area contributed by atoms with E-state index >= 15 is 0 Å². The van der Waals surface area contributed by atoms with Gasteiger partial charge in [0.15, 0.2) is 0 Å². The fourth-order valence-corrected chi connectivity index (χ4v) is 2.64. The summed E-state index contributed by atoms with van der Waals surface area (Å²) in [7, 11) is 0. The molecule has 1 unspecified atom stereocenters. The molecule has 0 aromatic heterocycles.